The number of hydrogen-bond donors (Lipinski definition) is 2. The van der Waals surface area contributed by atoms with Gasteiger partial charge < -0.3 is 20.3 Å². The summed E-state index contributed by atoms with van der Waals surface area (Å²) in [6.45, 7) is 11.7. The zero-order valence-corrected chi connectivity index (χ0v) is 17.6. The fraction of sp³-hybridized carbons (Fsp3) is 0.647. The molecule has 0 aromatic carbocycles. The number of halogens is 1. The number of aliphatic imine (C=N–C) groups is 1. The Morgan fingerprint density at radius 1 is 1.46 bits per heavy atom. The number of pyridine rings is 1. The van der Waals surface area contributed by atoms with Crippen LogP contribution >= 0.6 is 24.0 Å². The molecule has 1 aromatic rings. The van der Waals surface area contributed by atoms with Crippen molar-refractivity contribution in [1.29, 1.82) is 0 Å². The molecule has 0 bridgehead atoms. The van der Waals surface area contributed by atoms with E-state index in [0.29, 0.717) is 6.54 Å². The third-order valence-corrected chi connectivity index (χ3v) is 3.55. The van der Waals surface area contributed by atoms with Crippen LogP contribution in [0, 0.1) is 0 Å². The van der Waals surface area contributed by atoms with Crippen LogP contribution < -0.4 is 15.5 Å². The lowest BCUT2D eigenvalue weighted by Gasteiger charge is -2.32. The van der Waals surface area contributed by atoms with Crippen LogP contribution in [0.4, 0.5) is 5.82 Å². The molecule has 0 saturated carbocycles. The number of ether oxygens (including phenoxy) is 1. The number of morpholine rings is 1. The normalized spacial score (nSPS) is 18.8. The molecule has 1 aliphatic heterocycles. The summed E-state index contributed by atoms with van der Waals surface area (Å²) in [6.07, 6.45) is 2.12. The molecule has 0 aliphatic carbocycles. The second-order valence-electron chi connectivity index (χ2n) is 6.95. The van der Waals surface area contributed by atoms with E-state index in [9.17, 15) is 0 Å². The highest BCUT2D eigenvalue weighted by Gasteiger charge is 2.18. The first-order chi connectivity index (χ1) is 10.9. The summed E-state index contributed by atoms with van der Waals surface area (Å²) < 4.78 is 5.59. The third kappa shape index (κ3) is 6.80. The van der Waals surface area contributed by atoms with E-state index in [0.717, 1.165) is 31.5 Å². The van der Waals surface area contributed by atoms with Crippen LogP contribution in [0.1, 0.15) is 33.3 Å². The first kappa shape index (κ1) is 21.0. The minimum absolute atomic E-state index is 0. The van der Waals surface area contributed by atoms with Gasteiger partial charge in [0.1, 0.15) is 5.82 Å². The van der Waals surface area contributed by atoms with Crippen molar-refractivity contribution < 1.29 is 4.74 Å². The molecule has 1 saturated heterocycles. The monoisotopic (exact) mass is 447 g/mol. The van der Waals surface area contributed by atoms with Crippen LogP contribution in [0.25, 0.3) is 0 Å². The van der Waals surface area contributed by atoms with Gasteiger partial charge in [0, 0.05) is 38.4 Å². The van der Waals surface area contributed by atoms with Crippen molar-refractivity contribution in [3.8, 4) is 0 Å². The first-order valence-electron chi connectivity index (χ1n) is 8.18. The highest BCUT2D eigenvalue weighted by molar-refractivity contribution is 14.0. The molecule has 0 spiro atoms. The fourth-order valence-corrected chi connectivity index (χ4v) is 2.49. The quantitative estimate of drug-likeness (QED) is 0.424. The van der Waals surface area contributed by atoms with Gasteiger partial charge in [-0.2, -0.15) is 0 Å². The van der Waals surface area contributed by atoms with E-state index >= 15 is 0 Å². The van der Waals surface area contributed by atoms with Crippen LogP contribution in [0.5, 0.6) is 0 Å². The predicted molar refractivity (Wildman–Crippen MR) is 110 cm³/mol. The number of aromatic nitrogens is 1. The van der Waals surface area contributed by atoms with Crippen molar-refractivity contribution in [2.45, 2.75) is 45.9 Å². The maximum Gasteiger partial charge on any atom is 0.191 e. The average molecular weight is 447 g/mol. The summed E-state index contributed by atoms with van der Waals surface area (Å²) >= 11 is 0. The molecular formula is C17H30IN5O. The van der Waals surface area contributed by atoms with Crippen molar-refractivity contribution in [2.75, 3.05) is 31.6 Å². The Labute approximate surface area is 162 Å². The summed E-state index contributed by atoms with van der Waals surface area (Å²) in [5, 5.41) is 6.71. The van der Waals surface area contributed by atoms with Crippen LogP contribution in [-0.4, -0.2) is 49.3 Å². The number of nitrogens with one attached hydrogen (secondary N) is 2. The zero-order valence-electron chi connectivity index (χ0n) is 15.3. The SMILES string of the molecule is CN=C(NCc1ccnc(N2CCOC(C)C2)c1)NC(C)(C)C.I. The largest absolute Gasteiger partial charge is 0.375 e. The number of rotatable bonds is 3. The lowest BCUT2D eigenvalue weighted by Crippen LogP contribution is -2.47. The number of hydrogen-bond acceptors (Lipinski definition) is 4. The molecule has 1 aliphatic rings. The first-order valence-corrected chi connectivity index (χ1v) is 8.18. The summed E-state index contributed by atoms with van der Waals surface area (Å²) in [6, 6.07) is 4.17. The Hall–Kier alpha value is -1.09. The van der Waals surface area contributed by atoms with Gasteiger partial charge in [-0.1, -0.05) is 0 Å². The lowest BCUT2D eigenvalue weighted by atomic mass is 10.1. The van der Waals surface area contributed by atoms with Gasteiger partial charge in [0.2, 0.25) is 0 Å². The topological polar surface area (TPSA) is 61.8 Å². The maximum absolute atomic E-state index is 5.59. The second kappa shape index (κ2) is 9.41. The summed E-state index contributed by atoms with van der Waals surface area (Å²) in [4.78, 5) is 11.0. The van der Waals surface area contributed by atoms with Crippen molar-refractivity contribution in [1.82, 2.24) is 15.6 Å². The van der Waals surface area contributed by atoms with Crippen LogP contribution in [0.15, 0.2) is 23.3 Å². The standard InChI is InChI=1S/C17H29N5O.HI/c1-13-12-22(8-9-23-13)15-10-14(6-7-19-15)11-20-16(18-5)21-17(2,3)4;/h6-7,10,13H,8-9,11-12H2,1-5H3,(H2,18,20,21);1H. The molecule has 24 heavy (non-hydrogen) atoms. The molecule has 0 amide bonds. The molecule has 2 rings (SSSR count). The average Bonchev–Trinajstić information content (AvgIpc) is 2.50. The van der Waals surface area contributed by atoms with Crippen LogP contribution in [0.3, 0.4) is 0 Å². The predicted octanol–water partition coefficient (Wildman–Crippen LogP) is 2.39. The third-order valence-electron chi connectivity index (χ3n) is 3.55. The van der Waals surface area contributed by atoms with Gasteiger partial charge in [0.25, 0.3) is 0 Å². The second-order valence-corrected chi connectivity index (χ2v) is 6.95. The fourth-order valence-electron chi connectivity index (χ4n) is 2.49. The Kier molecular flexibility index (Phi) is 8.21. The molecule has 2 heterocycles. The maximum atomic E-state index is 5.59. The molecule has 136 valence electrons. The van der Waals surface area contributed by atoms with Crippen molar-refractivity contribution in [2.24, 2.45) is 4.99 Å². The zero-order chi connectivity index (χ0) is 16.9. The number of guanidine groups is 1. The van der Waals surface area contributed by atoms with Gasteiger partial charge in [-0.05, 0) is 45.4 Å². The van der Waals surface area contributed by atoms with E-state index in [1.165, 1.54) is 5.56 Å². The Balaban J connectivity index is 0.00000288. The molecule has 7 heteroatoms. The van der Waals surface area contributed by atoms with Crippen molar-refractivity contribution in [3.05, 3.63) is 23.9 Å². The minimum Gasteiger partial charge on any atom is -0.375 e. The lowest BCUT2D eigenvalue weighted by molar-refractivity contribution is 0.0529. The molecule has 0 radical (unpaired) electrons. The molecule has 1 fully saturated rings. The number of nitrogens with zero attached hydrogens (tertiary/aromatic N) is 3. The Morgan fingerprint density at radius 3 is 2.83 bits per heavy atom. The molecule has 6 nitrogen and oxygen atoms in total. The molecule has 1 unspecified atom stereocenters. The van der Waals surface area contributed by atoms with Gasteiger partial charge in [0.15, 0.2) is 5.96 Å². The molecule has 2 N–H and O–H groups in total. The van der Waals surface area contributed by atoms with E-state index in [4.69, 9.17) is 4.74 Å². The van der Waals surface area contributed by atoms with E-state index < -0.39 is 0 Å². The van der Waals surface area contributed by atoms with Gasteiger partial charge in [-0.15, -0.1) is 24.0 Å². The Morgan fingerprint density at radius 2 is 2.21 bits per heavy atom. The van der Waals surface area contributed by atoms with E-state index in [1.807, 2.05) is 12.3 Å². The van der Waals surface area contributed by atoms with E-state index in [-0.39, 0.29) is 35.6 Å². The van der Waals surface area contributed by atoms with Gasteiger partial charge >= 0.3 is 0 Å². The van der Waals surface area contributed by atoms with Crippen molar-refractivity contribution >= 4 is 35.8 Å². The van der Waals surface area contributed by atoms with E-state index in [1.54, 1.807) is 7.05 Å². The summed E-state index contributed by atoms with van der Waals surface area (Å²) in [5.41, 5.74) is 1.17. The van der Waals surface area contributed by atoms with Crippen LogP contribution in [-0.2, 0) is 11.3 Å². The summed E-state index contributed by atoms with van der Waals surface area (Å²) in [7, 11) is 1.79. The minimum atomic E-state index is -0.0187. The smallest absolute Gasteiger partial charge is 0.191 e. The Bertz CT molecular complexity index is 544. The highest BCUT2D eigenvalue weighted by Crippen LogP contribution is 2.16. The number of anilines is 1. The van der Waals surface area contributed by atoms with Gasteiger partial charge in [-0.3, -0.25) is 4.99 Å². The molecule has 1 aromatic heterocycles. The summed E-state index contributed by atoms with van der Waals surface area (Å²) in [5.74, 6) is 1.81. The molecular weight excluding hydrogens is 417 g/mol. The van der Waals surface area contributed by atoms with Crippen molar-refractivity contribution in [3.63, 3.8) is 0 Å². The van der Waals surface area contributed by atoms with Crippen LogP contribution in [0.2, 0.25) is 0 Å². The van der Waals surface area contributed by atoms with E-state index in [2.05, 4.69) is 59.3 Å². The van der Waals surface area contributed by atoms with Gasteiger partial charge in [-0.25, -0.2) is 4.98 Å². The molecule has 1 atom stereocenters. The highest BCUT2D eigenvalue weighted by atomic mass is 127. The van der Waals surface area contributed by atoms with Gasteiger partial charge in [0.05, 0.1) is 12.7 Å².